The van der Waals surface area contributed by atoms with E-state index in [9.17, 15) is 9.59 Å². The van der Waals surface area contributed by atoms with Crippen molar-refractivity contribution in [2.24, 2.45) is 11.8 Å². The molecule has 1 saturated heterocycles. The summed E-state index contributed by atoms with van der Waals surface area (Å²) in [5.41, 5.74) is 0. The van der Waals surface area contributed by atoms with Gasteiger partial charge in [-0.3, -0.25) is 15.4 Å². The van der Waals surface area contributed by atoms with Crippen LogP contribution in [0.1, 0.15) is 64.7 Å². The number of amides is 3. The van der Waals surface area contributed by atoms with E-state index in [2.05, 4.69) is 33.5 Å². The van der Waals surface area contributed by atoms with Crippen LogP contribution >= 0.6 is 0 Å². The molecule has 2 aliphatic carbocycles. The summed E-state index contributed by atoms with van der Waals surface area (Å²) in [6, 6.07) is 0.451. The molecule has 5 N–H and O–H groups in total. The molecular weight excluding hydrogens is 368 g/mol. The smallest absolute Gasteiger partial charge is 0.317 e. The molecule has 3 aliphatic rings. The van der Waals surface area contributed by atoms with Crippen LogP contribution in [0.3, 0.4) is 0 Å². The zero-order valence-corrected chi connectivity index (χ0v) is 18.3. The SMILES string of the molecule is CC1CC(NCCC(=O)N(C)C)NC(NC(=O)NC2CCC3CCCCC3C2)N1. The number of carbonyl (C=O) groups excluding carboxylic acids is 2. The van der Waals surface area contributed by atoms with Gasteiger partial charge in [0.2, 0.25) is 5.91 Å². The Hall–Kier alpha value is -1.38. The molecule has 166 valence electrons. The quantitative estimate of drug-likeness (QED) is 0.456. The first-order valence-corrected chi connectivity index (χ1v) is 11.4. The number of fused-ring (bicyclic) bond motifs is 1. The highest BCUT2D eigenvalue weighted by Gasteiger charge is 2.33. The molecule has 2 saturated carbocycles. The molecule has 3 fully saturated rings. The van der Waals surface area contributed by atoms with Crippen molar-refractivity contribution in [3.63, 3.8) is 0 Å². The number of urea groups is 1. The van der Waals surface area contributed by atoms with Crippen LogP contribution in [0.2, 0.25) is 0 Å². The third-order valence-electron chi connectivity index (χ3n) is 6.79. The fourth-order valence-electron chi connectivity index (χ4n) is 5.19. The number of carbonyl (C=O) groups is 2. The summed E-state index contributed by atoms with van der Waals surface area (Å²) < 4.78 is 0. The normalized spacial score (nSPS) is 34.7. The van der Waals surface area contributed by atoms with Gasteiger partial charge in [-0.25, -0.2) is 4.79 Å². The lowest BCUT2D eigenvalue weighted by atomic mass is 9.69. The molecule has 8 heteroatoms. The minimum atomic E-state index is -0.285. The van der Waals surface area contributed by atoms with Crippen LogP contribution in [-0.2, 0) is 4.79 Å². The van der Waals surface area contributed by atoms with E-state index in [0.29, 0.717) is 19.0 Å². The molecule has 3 amide bonds. The second-order valence-electron chi connectivity index (χ2n) is 9.38. The number of hydrogen-bond acceptors (Lipinski definition) is 5. The summed E-state index contributed by atoms with van der Waals surface area (Å²) in [5.74, 6) is 1.80. The molecular formula is C21H40N6O2. The Morgan fingerprint density at radius 1 is 0.966 bits per heavy atom. The van der Waals surface area contributed by atoms with Crippen molar-refractivity contribution in [2.75, 3.05) is 20.6 Å². The molecule has 0 spiro atoms. The molecule has 1 heterocycles. The standard InChI is InChI=1S/C21H40N6O2/c1-14-12-18(22-11-10-19(28)27(2)3)25-20(23-14)26-21(29)24-17-9-8-15-6-4-5-7-16(15)13-17/h14-18,20,22-23,25H,4-13H2,1-3H3,(H2,24,26,29). The summed E-state index contributed by atoms with van der Waals surface area (Å²) in [6.45, 7) is 2.72. The summed E-state index contributed by atoms with van der Waals surface area (Å²) in [5, 5.41) is 16.4. The van der Waals surface area contributed by atoms with Crippen LogP contribution in [0.4, 0.5) is 4.79 Å². The lowest BCUT2D eigenvalue weighted by molar-refractivity contribution is -0.128. The summed E-state index contributed by atoms with van der Waals surface area (Å²) in [4.78, 5) is 25.9. The van der Waals surface area contributed by atoms with Crippen molar-refractivity contribution < 1.29 is 9.59 Å². The number of nitrogens with zero attached hydrogens (tertiary/aromatic N) is 1. The van der Waals surface area contributed by atoms with Gasteiger partial charge in [0.05, 0.1) is 6.17 Å². The third-order valence-corrected chi connectivity index (χ3v) is 6.79. The molecule has 8 nitrogen and oxygen atoms in total. The largest absolute Gasteiger partial charge is 0.349 e. The van der Waals surface area contributed by atoms with Crippen molar-refractivity contribution in [3.8, 4) is 0 Å². The maximum Gasteiger partial charge on any atom is 0.317 e. The Bertz CT molecular complexity index is 557. The van der Waals surface area contributed by atoms with Gasteiger partial charge < -0.3 is 20.9 Å². The van der Waals surface area contributed by atoms with Gasteiger partial charge in [0.1, 0.15) is 6.29 Å². The molecule has 6 atom stereocenters. The molecule has 0 aromatic rings. The Balaban J connectivity index is 1.39. The van der Waals surface area contributed by atoms with E-state index in [1.165, 1.54) is 32.1 Å². The Morgan fingerprint density at radius 3 is 2.48 bits per heavy atom. The van der Waals surface area contributed by atoms with Gasteiger partial charge in [-0.1, -0.05) is 25.7 Å². The predicted molar refractivity (Wildman–Crippen MR) is 114 cm³/mol. The molecule has 3 rings (SSSR count). The second kappa shape index (κ2) is 10.6. The molecule has 1 aliphatic heterocycles. The lowest BCUT2D eigenvalue weighted by Gasteiger charge is -2.40. The van der Waals surface area contributed by atoms with Gasteiger partial charge in [0.25, 0.3) is 0 Å². The van der Waals surface area contributed by atoms with E-state index in [4.69, 9.17) is 0 Å². The van der Waals surface area contributed by atoms with Gasteiger partial charge in [-0.05, 0) is 44.4 Å². The van der Waals surface area contributed by atoms with Gasteiger partial charge in [0, 0.05) is 39.1 Å². The van der Waals surface area contributed by atoms with Crippen LogP contribution in [0.15, 0.2) is 0 Å². The molecule has 0 bridgehead atoms. The van der Waals surface area contributed by atoms with Gasteiger partial charge in [0.15, 0.2) is 0 Å². The first-order valence-electron chi connectivity index (χ1n) is 11.4. The fourth-order valence-corrected chi connectivity index (χ4v) is 5.19. The molecule has 29 heavy (non-hydrogen) atoms. The Kier molecular flexibility index (Phi) is 8.15. The fraction of sp³-hybridized carbons (Fsp3) is 0.905. The highest BCUT2D eigenvalue weighted by atomic mass is 16.2. The average Bonchev–Trinajstić information content (AvgIpc) is 2.67. The molecule has 6 unspecified atom stereocenters. The number of nitrogens with one attached hydrogen (secondary N) is 5. The van der Waals surface area contributed by atoms with Crippen molar-refractivity contribution >= 4 is 11.9 Å². The topological polar surface area (TPSA) is 97.5 Å². The number of hydrogen-bond donors (Lipinski definition) is 5. The van der Waals surface area contributed by atoms with Crippen molar-refractivity contribution in [3.05, 3.63) is 0 Å². The van der Waals surface area contributed by atoms with Crippen LogP contribution < -0.4 is 26.6 Å². The van der Waals surface area contributed by atoms with Crippen molar-refractivity contribution in [2.45, 2.75) is 89.3 Å². The molecule has 0 aromatic carbocycles. The van der Waals surface area contributed by atoms with Crippen LogP contribution in [0.25, 0.3) is 0 Å². The van der Waals surface area contributed by atoms with Gasteiger partial charge in [-0.15, -0.1) is 0 Å². The van der Waals surface area contributed by atoms with Gasteiger partial charge in [-0.2, -0.15) is 0 Å². The molecule has 0 aromatic heterocycles. The van der Waals surface area contributed by atoms with E-state index in [1.807, 2.05) is 0 Å². The van der Waals surface area contributed by atoms with Crippen LogP contribution in [-0.4, -0.2) is 62.0 Å². The maximum absolute atomic E-state index is 12.6. The summed E-state index contributed by atoms with van der Waals surface area (Å²) >= 11 is 0. The predicted octanol–water partition coefficient (Wildman–Crippen LogP) is 1.29. The van der Waals surface area contributed by atoms with Crippen LogP contribution in [0.5, 0.6) is 0 Å². The average molecular weight is 409 g/mol. The lowest BCUT2D eigenvalue weighted by Crippen LogP contribution is -2.68. The third kappa shape index (κ3) is 6.83. The first kappa shape index (κ1) is 22.3. The van der Waals surface area contributed by atoms with Crippen molar-refractivity contribution in [1.82, 2.24) is 31.5 Å². The zero-order chi connectivity index (χ0) is 20.8. The van der Waals surface area contributed by atoms with Crippen LogP contribution in [0, 0.1) is 11.8 Å². The highest BCUT2D eigenvalue weighted by Crippen LogP contribution is 2.40. The minimum absolute atomic E-state index is 0.0594. The van der Waals surface area contributed by atoms with Gasteiger partial charge >= 0.3 is 6.03 Å². The summed E-state index contributed by atoms with van der Waals surface area (Å²) in [6.07, 6.45) is 10.1. The van der Waals surface area contributed by atoms with Crippen molar-refractivity contribution in [1.29, 1.82) is 0 Å². The number of rotatable bonds is 6. The molecule has 0 radical (unpaired) electrons. The first-order chi connectivity index (χ1) is 13.9. The maximum atomic E-state index is 12.6. The van der Waals surface area contributed by atoms with E-state index in [-0.39, 0.29) is 30.4 Å². The Labute approximate surface area is 175 Å². The summed E-state index contributed by atoms with van der Waals surface area (Å²) in [7, 11) is 3.54. The minimum Gasteiger partial charge on any atom is -0.349 e. The second-order valence-corrected chi connectivity index (χ2v) is 9.38. The zero-order valence-electron chi connectivity index (χ0n) is 18.3. The monoisotopic (exact) mass is 408 g/mol. The van der Waals surface area contributed by atoms with E-state index < -0.39 is 0 Å². The Morgan fingerprint density at radius 2 is 1.72 bits per heavy atom. The highest BCUT2D eigenvalue weighted by molar-refractivity contribution is 5.75. The van der Waals surface area contributed by atoms with E-state index >= 15 is 0 Å². The van der Waals surface area contributed by atoms with E-state index in [1.54, 1.807) is 19.0 Å². The van der Waals surface area contributed by atoms with E-state index in [0.717, 1.165) is 31.1 Å².